The first-order valence-corrected chi connectivity index (χ1v) is 9.52. The minimum Gasteiger partial charge on any atom is -0.389 e. The predicted molar refractivity (Wildman–Crippen MR) is 98.2 cm³/mol. The van der Waals surface area contributed by atoms with Gasteiger partial charge >= 0.3 is 6.03 Å². The van der Waals surface area contributed by atoms with Crippen molar-refractivity contribution >= 4 is 11.7 Å². The minimum atomic E-state index is -0.792. The van der Waals surface area contributed by atoms with Crippen LogP contribution in [0.2, 0.25) is 0 Å². The summed E-state index contributed by atoms with van der Waals surface area (Å²) in [6.07, 6.45) is 1.38. The summed E-state index contributed by atoms with van der Waals surface area (Å²) in [5.74, 6) is -0.119. The number of anilines is 1. The Hall–Kier alpha value is -1.63. The number of amides is 2. The minimum absolute atomic E-state index is 0.00761. The lowest BCUT2D eigenvalue weighted by Gasteiger charge is -2.56. The van der Waals surface area contributed by atoms with Crippen LogP contribution in [0.3, 0.4) is 0 Å². The van der Waals surface area contributed by atoms with E-state index in [9.17, 15) is 9.90 Å². The van der Waals surface area contributed by atoms with E-state index in [-0.39, 0.29) is 23.9 Å². The predicted octanol–water partition coefficient (Wildman–Crippen LogP) is 2.32. The molecule has 3 saturated heterocycles. The normalized spacial score (nSPS) is 34.0. The number of rotatable bonds is 1. The Balaban J connectivity index is 1.59. The van der Waals surface area contributed by atoms with Crippen molar-refractivity contribution < 1.29 is 19.4 Å². The first kappa shape index (κ1) is 17.8. The summed E-state index contributed by atoms with van der Waals surface area (Å²) in [5.41, 5.74) is 2.29. The van der Waals surface area contributed by atoms with Crippen LogP contribution in [0, 0.1) is 25.7 Å². The summed E-state index contributed by atoms with van der Waals surface area (Å²) in [6, 6.07) is 5.85. The Morgan fingerprint density at radius 3 is 2.92 bits per heavy atom. The van der Waals surface area contributed by atoms with Crippen LogP contribution >= 0.6 is 0 Å². The highest BCUT2D eigenvalue weighted by molar-refractivity contribution is 5.90. The number of likely N-dealkylation sites (tertiary alicyclic amines) is 1. The molecule has 0 radical (unpaired) electrons. The van der Waals surface area contributed by atoms with Gasteiger partial charge in [-0.1, -0.05) is 12.1 Å². The number of ether oxygens (including phenoxy) is 2. The van der Waals surface area contributed by atoms with Crippen LogP contribution in [0.25, 0.3) is 0 Å². The lowest BCUT2D eigenvalue weighted by molar-refractivity contribution is -0.211. The molecule has 0 saturated carbocycles. The summed E-state index contributed by atoms with van der Waals surface area (Å²) >= 11 is 0. The third-order valence-electron chi connectivity index (χ3n) is 6.56. The number of nitrogens with one attached hydrogen (secondary N) is 1. The van der Waals surface area contributed by atoms with Gasteiger partial charge in [0.05, 0.1) is 18.8 Å². The second kappa shape index (κ2) is 6.83. The molecule has 0 bridgehead atoms. The number of carbonyl (C=O) groups excluding carboxylic acids is 1. The molecule has 3 fully saturated rings. The molecule has 4 atom stereocenters. The molecule has 3 heterocycles. The van der Waals surface area contributed by atoms with Crippen molar-refractivity contribution in [1.82, 2.24) is 4.90 Å². The van der Waals surface area contributed by atoms with Crippen molar-refractivity contribution in [2.45, 2.75) is 38.3 Å². The van der Waals surface area contributed by atoms with Crippen LogP contribution in [0.5, 0.6) is 0 Å². The quantitative estimate of drug-likeness (QED) is 0.806. The molecule has 142 valence electrons. The Morgan fingerprint density at radius 1 is 1.27 bits per heavy atom. The molecule has 2 N–H and O–H groups in total. The third kappa shape index (κ3) is 2.90. The van der Waals surface area contributed by atoms with Crippen LogP contribution in [-0.4, -0.2) is 60.7 Å². The number of carbonyl (C=O) groups is 1. The molecule has 3 aliphatic rings. The maximum absolute atomic E-state index is 13.1. The van der Waals surface area contributed by atoms with Gasteiger partial charge in [0.15, 0.2) is 0 Å². The second-order valence-electron chi connectivity index (χ2n) is 7.88. The number of hydrogen-bond acceptors (Lipinski definition) is 4. The van der Waals surface area contributed by atoms with Gasteiger partial charge < -0.3 is 24.8 Å². The van der Waals surface area contributed by atoms with Gasteiger partial charge in [-0.2, -0.15) is 0 Å². The number of benzene rings is 1. The number of fused-ring (bicyclic) bond motifs is 3. The zero-order valence-corrected chi connectivity index (χ0v) is 15.5. The highest BCUT2D eigenvalue weighted by atomic mass is 16.5. The molecule has 0 spiro atoms. The van der Waals surface area contributed by atoms with Crippen LogP contribution in [-0.2, 0) is 9.47 Å². The average molecular weight is 360 g/mol. The number of nitrogens with zero attached hydrogens (tertiary/aromatic N) is 1. The average Bonchev–Trinajstić information content (AvgIpc) is 2.65. The van der Waals surface area contributed by atoms with E-state index >= 15 is 0 Å². The topological polar surface area (TPSA) is 71.0 Å². The molecule has 6 heteroatoms. The number of aliphatic hydroxyl groups is 1. The van der Waals surface area contributed by atoms with E-state index < -0.39 is 5.60 Å². The first-order chi connectivity index (χ1) is 12.5. The van der Waals surface area contributed by atoms with Crippen LogP contribution in [0.1, 0.15) is 24.0 Å². The van der Waals surface area contributed by atoms with E-state index in [1.165, 1.54) is 0 Å². The van der Waals surface area contributed by atoms with Gasteiger partial charge in [-0.15, -0.1) is 0 Å². The van der Waals surface area contributed by atoms with Crippen molar-refractivity contribution in [2.24, 2.45) is 11.8 Å². The van der Waals surface area contributed by atoms with Crippen molar-refractivity contribution in [1.29, 1.82) is 0 Å². The largest absolute Gasteiger partial charge is 0.389 e. The SMILES string of the molecule is Cc1cccc(NC(=O)N2C[C@H]3COCC[C@@]3(O)[C@@H]3COCC[C@H]32)c1C. The molecule has 0 unspecified atom stereocenters. The number of piperidine rings is 1. The van der Waals surface area contributed by atoms with Gasteiger partial charge in [0.25, 0.3) is 0 Å². The van der Waals surface area contributed by atoms with E-state index in [4.69, 9.17) is 9.47 Å². The fraction of sp³-hybridized carbons (Fsp3) is 0.650. The smallest absolute Gasteiger partial charge is 0.322 e. The summed E-state index contributed by atoms with van der Waals surface area (Å²) < 4.78 is 11.3. The summed E-state index contributed by atoms with van der Waals surface area (Å²) in [6.45, 7) is 6.79. The number of urea groups is 1. The van der Waals surface area contributed by atoms with E-state index in [0.717, 1.165) is 23.2 Å². The Labute approximate surface area is 154 Å². The molecular weight excluding hydrogens is 332 g/mol. The van der Waals surface area contributed by atoms with Gasteiger partial charge in [0.1, 0.15) is 0 Å². The summed E-state index contributed by atoms with van der Waals surface area (Å²) in [4.78, 5) is 15.0. The van der Waals surface area contributed by atoms with Crippen molar-refractivity contribution in [3.63, 3.8) is 0 Å². The molecule has 26 heavy (non-hydrogen) atoms. The second-order valence-corrected chi connectivity index (χ2v) is 7.88. The highest BCUT2D eigenvalue weighted by Crippen LogP contribution is 2.44. The highest BCUT2D eigenvalue weighted by Gasteiger charge is 2.56. The monoisotopic (exact) mass is 360 g/mol. The lowest BCUT2D eigenvalue weighted by Crippen LogP contribution is -2.69. The number of hydrogen-bond donors (Lipinski definition) is 2. The van der Waals surface area contributed by atoms with E-state index in [0.29, 0.717) is 39.4 Å². The summed E-state index contributed by atoms with van der Waals surface area (Å²) in [5, 5.41) is 14.4. The molecule has 2 amide bonds. The van der Waals surface area contributed by atoms with Crippen molar-refractivity contribution in [3.8, 4) is 0 Å². The molecular formula is C20H28N2O4. The first-order valence-electron chi connectivity index (χ1n) is 9.52. The summed E-state index contributed by atoms with van der Waals surface area (Å²) in [7, 11) is 0. The fourth-order valence-electron chi connectivity index (χ4n) is 4.77. The van der Waals surface area contributed by atoms with Crippen molar-refractivity contribution in [2.75, 3.05) is 38.3 Å². The van der Waals surface area contributed by atoms with E-state index in [1.54, 1.807) is 0 Å². The molecule has 3 aliphatic heterocycles. The molecule has 1 aromatic rings. The third-order valence-corrected chi connectivity index (χ3v) is 6.56. The van der Waals surface area contributed by atoms with Crippen LogP contribution in [0.4, 0.5) is 10.5 Å². The van der Waals surface area contributed by atoms with Gasteiger partial charge in [-0.25, -0.2) is 4.79 Å². The zero-order chi connectivity index (χ0) is 18.3. The van der Waals surface area contributed by atoms with Gasteiger partial charge in [0, 0.05) is 49.7 Å². The lowest BCUT2D eigenvalue weighted by atomic mass is 9.66. The molecule has 0 aliphatic carbocycles. The van der Waals surface area contributed by atoms with Gasteiger partial charge in [-0.3, -0.25) is 0 Å². The molecule has 6 nitrogen and oxygen atoms in total. The maximum atomic E-state index is 13.1. The van der Waals surface area contributed by atoms with E-state index in [2.05, 4.69) is 5.32 Å². The van der Waals surface area contributed by atoms with Gasteiger partial charge in [-0.05, 0) is 37.5 Å². The fourth-order valence-corrected chi connectivity index (χ4v) is 4.77. The Kier molecular flexibility index (Phi) is 4.67. The molecule has 0 aromatic heterocycles. The Morgan fingerprint density at radius 2 is 2.08 bits per heavy atom. The van der Waals surface area contributed by atoms with E-state index in [1.807, 2.05) is 36.9 Å². The molecule has 4 rings (SSSR count). The van der Waals surface area contributed by atoms with Crippen LogP contribution in [0.15, 0.2) is 18.2 Å². The zero-order valence-electron chi connectivity index (χ0n) is 15.5. The molecule has 1 aromatic carbocycles. The Bertz CT molecular complexity index is 694. The van der Waals surface area contributed by atoms with Gasteiger partial charge in [0.2, 0.25) is 0 Å². The maximum Gasteiger partial charge on any atom is 0.322 e. The van der Waals surface area contributed by atoms with Crippen molar-refractivity contribution in [3.05, 3.63) is 29.3 Å². The standard InChI is InChI=1S/C20H28N2O4/c1-13-4-3-5-17(14(13)2)21-19(23)22-10-15-11-26-9-7-20(15,24)16-12-25-8-6-18(16)22/h3-5,15-16,18,24H,6-12H2,1-2H3,(H,21,23)/t15-,16+,18+,20-/m0/s1. The number of aryl methyl sites for hydroxylation is 1. The van der Waals surface area contributed by atoms with Crippen LogP contribution < -0.4 is 5.32 Å².